The highest BCUT2D eigenvalue weighted by Gasteiger charge is 2.33. The van der Waals surface area contributed by atoms with Crippen molar-refractivity contribution >= 4 is 5.97 Å². The van der Waals surface area contributed by atoms with E-state index >= 15 is 0 Å². The average molecular weight is 342 g/mol. The van der Waals surface area contributed by atoms with Crippen molar-refractivity contribution in [2.24, 2.45) is 0 Å². The van der Waals surface area contributed by atoms with E-state index in [1.54, 1.807) is 0 Å². The van der Waals surface area contributed by atoms with Crippen LogP contribution in [-0.4, -0.2) is 35.6 Å². The second-order valence-electron chi connectivity index (χ2n) is 4.94. The monoisotopic (exact) mass is 342 g/mol. The summed E-state index contributed by atoms with van der Waals surface area (Å²) >= 11 is 0. The molecule has 0 amide bonds. The molecule has 1 aromatic heterocycles. The molecule has 0 radical (unpaired) electrons. The Balaban J connectivity index is 1.95. The average Bonchev–Trinajstić information content (AvgIpc) is 3.05. The lowest BCUT2D eigenvalue weighted by atomic mass is 10.2. The van der Waals surface area contributed by atoms with Crippen molar-refractivity contribution < 1.29 is 27.4 Å². The minimum Gasteiger partial charge on any atom is -0.460 e. The maximum Gasteiger partial charge on any atom is 0.435 e. The van der Waals surface area contributed by atoms with Gasteiger partial charge in [-0.2, -0.15) is 18.3 Å². The molecule has 0 aliphatic heterocycles. The lowest BCUT2D eigenvalue weighted by molar-refractivity contribution is -0.141. The molecule has 0 fully saturated rings. The molecule has 0 saturated carbocycles. The van der Waals surface area contributed by atoms with Crippen LogP contribution in [0.25, 0.3) is 5.69 Å². The predicted octanol–water partition coefficient (Wildman–Crippen LogP) is 3.47. The molecule has 5 nitrogen and oxygen atoms in total. The SMILES string of the molecule is CCCOCCOC(=O)c1ccc(-n2ccc(C(F)(F)F)n2)cc1. The van der Waals surface area contributed by atoms with Gasteiger partial charge in [-0.3, -0.25) is 0 Å². The first kappa shape index (κ1) is 18.0. The van der Waals surface area contributed by atoms with E-state index in [1.165, 1.54) is 30.5 Å². The summed E-state index contributed by atoms with van der Waals surface area (Å²) < 4.78 is 48.9. The van der Waals surface area contributed by atoms with Crippen LogP contribution >= 0.6 is 0 Å². The van der Waals surface area contributed by atoms with Gasteiger partial charge in [0.2, 0.25) is 0 Å². The maximum absolute atomic E-state index is 12.5. The van der Waals surface area contributed by atoms with Gasteiger partial charge in [0.25, 0.3) is 0 Å². The number of alkyl halides is 3. The van der Waals surface area contributed by atoms with Crippen LogP contribution in [0.4, 0.5) is 13.2 Å². The van der Waals surface area contributed by atoms with Crippen LogP contribution in [0.3, 0.4) is 0 Å². The lowest BCUT2D eigenvalue weighted by Gasteiger charge is -2.07. The molecule has 1 heterocycles. The normalized spacial score (nSPS) is 11.5. The first-order valence-electron chi connectivity index (χ1n) is 7.40. The number of esters is 1. The minimum atomic E-state index is -4.49. The van der Waals surface area contributed by atoms with Crippen LogP contribution in [0.2, 0.25) is 0 Å². The van der Waals surface area contributed by atoms with E-state index in [2.05, 4.69) is 5.10 Å². The molecule has 0 bridgehead atoms. The number of carbonyl (C=O) groups excluding carboxylic acids is 1. The number of ether oxygens (including phenoxy) is 2. The number of hydrogen-bond acceptors (Lipinski definition) is 4. The Labute approximate surface area is 137 Å². The molecule has 0 aliphatic carbocycles. The zero-order chi connectivity index (χ0) is 17.6. The van der Waals surface area contributed by atoms with Gasteiger partial charge >= 0.3 is 12.1 Å². The highest BCUT2D eigenvalue weighted by molar-refractivity contribution is 5.89. The predicted molar refractivity (Wildman–Crippen MR) is 80.0 cm³/mol. The molecule has 2 aromatic rings. The van der Waals surface area contributed by atoms with Crippen molar-refractivity contribution in [1.29, 1.82) is 0 Å². The largest absolute Gasteiger partial charge is 0.460 e. The third kappa shape index (κ3) is 4.82. The fourth-order valence-electron chi connectivity index (χ4n) is 1.89. The summed E-state index contributed by atoms with van der Waals surface area (Å²) in [6.07, 6.45) is -2.39. The van der Waals surface area contributed by atoms with Gasteiger partial charge in [0, 0.05) is 12.8 Å². The molecule has 0 saturated heterocycles. The topological polar surface area (TPSA) is 53.4 Å². The molecule has 0 unspecified atom stereocenters. The summed E-state index contributed by atoms with van der Waals surface area (Å²) in [6.45, 7) is 3.06. The van der Waals surface area contributed by atoms with Gasteiger partial charge < -0.3 is 9.47 Å². The third-order valence-electron chi connectivity index (χ3n) is 3.06. The first-order chi connectivity index (χ1) is 11.4. The number of rotatable bonds is 7. The summed E-state index contributed by atoms with van der Waals surface area (Å²) in [5.41, 5.74) is -0.260. The van der Waals surface area contributed by atoms with Crippen LogP contribution in [-0.2, 0) is 15.7 Å². The van der Waals surface area contributed by atoms with Crippen molar-refractivity contribution in [3.8, 4) is 5.69 Å². The minimum absolute atomic E-state index is 0.148. The van der Waals surface area contributed by atoms with Crippen LogP contribution in [0.1, 0.15) is 29.4 Å². The summed E-state index contributed by atoms with van der Waals surface area (Å²) in [6, 6.07) is 6.83. The molecule has 130 valence electrons. The number of halogens is 3. The Morgan fingerprint density at radius 1 is 1.12 bits per heavy atom. The smallest absolute Gasteiger partial charge is 0.435 e. The van der Waals surface area contributed by atoms with Crippen LogP contribution in [0.5, 0.6) is 0 Å². The fraction of sp³-hybridized carbons (Fsp3) is 0.375. The number of aromatic nitrogens is 2. The Morgan fingerprint density at radius 2 is 1.83 bits per heavy atom. The Morgan fingerprint density at radius 3 is 2.42 bits per heavy atom. The molecule has 0 spiro atoms. The second-order valence-corrected chi connectivity index (χ2v) is 4.94. The van der Waals surface area contributed by atoms with Gasteiger partial charge in [0.05, 0.1) is 17.9 Å². The van der Waals surface area contributed by atoms with E-state index < -0.39 is 17.8 Å². The van der Waals surface area contributed by atoms with Gasteiger partial charge in [0.1, 0.15) is 6.61 Å². The molecule has 0 atom stereocenters. The Kier molecular flexibility index (Phi) is 5.97. The van der Waals surface area contributed by atoms with Crippen molar-refractivity contribution in [3.05, 3.63) is 47.8 Å². The van der Waals surface area contributed by atoms with Crippen molar-refractivity contribution in [2.75, 3.05) is 19.8 Å². The van der Waals surface area contributed by atoms with E-state index in [-0.39, 0.29) is 6.61 Å². The molecule has 2 rings (SSSR count). The zero-order valence-corrected chi connectivity index (χ0v) is 13.0. The molecular formula is C16H17F3N2O3. The van der Waals surface area contributed by atoms with Gasteiger partial charge in [-0.25, -0.2) is 9.48 Å². The third-order valence-corrected chi connectivity index (χ3v) is 3.06. The first-order valence-corrected chi connectivity index (χ1v) is 7.40. The summed E-state index contributed by atoms with van der Waals surface area (Å²) in [5, 5.41) is 3.46. The van der Waals surface area contributed by atoms with Gasteiger partial charge in [-0.1, -0.05) is 6.92 Å². The molecular weight excluding hydrogens is 325 g/mol. The number of nitrogens with zero attached hydrogens (tertiary/aromatic N) is 2. The van der Waals surface area contributed by atoms with E-state index in [4.69, 9.17) is 9.47 Å². The number of carbonyl (C=O) groups is 1. The molecule has 24 heavy (non-hydrogen) atoms. The van der Waals surface area contributed by atoms with Crippen molar-refractivity contribution in [1.82, 2.24) is 9.78 Å². The molecule has 1 aromatic carbocycles. The summed E-state index contributed by atoms with van der Waals surface area (Å²) in [5.74, 6) is -0.516. The van der Waals surface area contributed by atoms with Crippen molar-refractivity contribution in [3.63, 3.8) is 0 Å². The highest BCUT2D eigenvalue weighted by atomic mass is 19.4. The molecule has 8 heteroatoms. The van der Waals surface area contributed by atoms with Crippen molar-refractivity contribution in [2.45, 2.75) is 19.5 Å². The summed E-state index contributed by atoms with van der Waals surface area (Å²) in [7, 11) is 0. The second kappa shape index (κ2) is 7.96. The summed E-state index contributed by atoms with van der Waals surface area (Å²) in [4.78, 5) is 11.8. The van der Waals surface area contributed by atoms with E-state index in [0.717, 1.165) is 17.2 Å². The molecule has 0 N–H and O–H groups in total. The van der Waals surface area contributed by atoms with Crippen LogP contribution in [0, 0.1) is 0 Å². The standard InChI is InChI=1S/C16H17F3N2O3/c1-2-9-23-10-11-24-15(22)12-3-5-13(6-4-12)21-8-7-14(20-21)16(17,18)19/h3-8H,2,9-11H2,1H3. The van der Waals surface area contributed by atoms with Gasteiger partial charge in [0.15, 0.2) is 5.69 Å². The van der Waals surface area contributed by atoms with Crippen LogP contribution in [0.15, 0.2) is 36.5 Å². The van der Waals surface area contributed by atoms with Crippen LogP contribution < -0.4 is 0 Å². The van der Waals surface area contributed by atoms with E-state index in [0.29, 0.717) is 24.5 Å². The maximum atomic E-state index is 12.5. The zero-order valence-electron chi connectivity index (χ0n) is 13.0. The highest BCUT2D eigenvalue weighted by Crippen LogP contribution is 2.27. The Bertz CT molecular complexity index is 666. The Hall–Kier alpha value is -2.35. The number of benzene rings is 1. The fourth-order valence-corrected chi connectivity index (χ4v) is 1.89. The number of hydrogen-bond donors (Lipinski definition) is 0. The quantitative estimate of drug-likeness (QED) is 0.571. The van der Waals surface area contributed by atoms with Gasteiger partial charge in [-0.15, -0.1) is 0 Å². The van der Waals surface area contributed by atoms with E-state index in [9.17, 15) is 18.0 Å². The van der Waals surface area contributed by atoms with E-state index in [1.807, 2.05) is 6.92 Å². The molecule has 0 aliphatic rings. The van der Waals surface area contributed by atoms with Gasteiger partial charge in [-0.05, 0) is 36.8 Å². The lowest BCUT2D eigenvalue weighted by Crippen LogP contribution is -2.11.